The molecule has 0 aliphatic heterocycles. The van der Waals surface area contributed by atoms with Crippen molar-refractivity contribution >= 4 is 18.9 Å². The zero-order valence-corrected chi connectivity index (χ0v) is 4.57. The van der Waals surface area contributed by atoms with E-state index < -0.39 is 0 Å². The molecule has 0 aromatic carbocycles. The van der Waals surface area contributed by atoms with Crippen LogP contribution >= 0.6 is 0 Å². The molecular formula is C4H8LiN2. The smallest absolute Gasteiger partial charge is 0.0352 e. The van der Waals surface area contributed by atoms with Gasteiger partial charge in [0.1, 0.15) is 0 Å². The van der Waals surface area contributed by atoms with Crippen molar-refractivity contribution in [3.63, 3.8) is 0 Å². The second kappa shape index (κ2) is 9.32. The van der Waals surface area contributed by atoms with E-state index in [2.05, 4.69) is 11.4 Å². The first kappa shape index (κ1) is 10.0. The second-order valence-corrected chi connectivity index (χ2v) is 0.860. The van der Waals surface area contributed by atoms with Gasteiger partial charge in [-0.05, 0) is 0 Å². The van der Waals surface area contributed by atoms with Gasteiger partial charge in [-0.1, -0.05) is 6.42 Å². The molecule has 0 fully saturated rings. The molecule has 0 atom stereocenters. The van der Waals surface area contributed by atoms with Crippen LogP contribution in [0.4, 0.5) is 0 Å². The first-order valence-electron chi connectivity index (χ1n) is 1.80. The number of rotatable bonds is 2. The van der Waals surface area contributed by atoms with E-state index in [9.17, 15) is 0 Å². The van der Waals surface area contributed by atoms with E-state index in [-0.39, 0.29) is 18.9 Å². The minimum atomic E-state index is 0. The molecule has 0 aliphatic rings. The first-order valence-corrected chi connectivity index (χ1v) is 1.80. The van der Waals surface area contributed by atoms with Crippen LogP contribution in [0.25, 0.3) is 0 Å². The van der Waals surface area contributed by atoms with Crippen LogP contribution in [0.15, 0.2) is 0 Å². The summed E-state index contributed by atoms with van der Waals surface area (Å²) in [5.41, 5.74) is 5.06. The summed E-state index contributed by atoms with van der Waals surface area (Å²) in [4.78, 5) is 0. The van der Waals surface area contributed by atoms with Crippen molar-refractivity contribution in [3.8, 4) is 12.5 Å². The van der Waals surface area contributed by atoms with E-state index in [0.29, 0.717) is 13.1 Å². The Kier molecular flexibility index (Phi) is 13.3. The number of nitrogens with one attached hydrogen (secondary N) is 1. The molecule has 0 aromatic rings. The quantitative estimate of drug-likeness (QED) is 0.193. The van der Waals surface area contributed by atoms with Crippen LogP contribution in [-0.2, 0) is 0 Å². The van der Waals surface area contributed by atoms with E-state index in [1.807, 2.05) is 0 Å². The zero-order chi connectivity index (χ0) is 4.83. The summed E-state index contributed by atoms with van der Waals surface area (Å²) in [5.74, 6) is 0. The summed E-state index contributed by atoms with van der Waals surface area (Å²) in [6.45, 7) is 1.31. The topological polar surface area (TPSA) is 38.0 Å². The molecule has 0 saturated carbocycles. The Balaban J connectivity index is 0. The van der Waals surface area contributed by atoms with E-state index in [1.165, 1.54) is 0 Å². The van der Waals surface area contributed by atoms with Gasteiger partial charge in [-0.2, -0.15) is 0 Å². The molecule has 0 rings (SSSR count). The molecule has 0 unspecified atom stereocenters. The van der Waals surface area contributed by atoms with Crippen LogP contribution in [-0.4, -0.2) is 32.0 Å². The van der Waals surface area contributed by atoms with Crippen molar-refractivity contribution in [2.45, 2.75) is 0 Å². The molecule has 35 valence electrons. The fraction of sp³-hybridized carbons (Fsp3) is 0.500. The van der Waals surface area contributed by atoms with Gasteiger partial charge in [0.05, 0.1) is 0 Å². The van der Waals surface area contributed by atoms with E-state index in [0.717, 1.165) is 0 Å². The Morgan fingerprint density at radius 1 is 1.71 bits per heavy atom. The summed E-state index contributed by atoms with van der Waals surface area (Å²) in [6, 6.07) is 2.24. The molecule has 3 N–H and O–H groups in total. The van der Waals surface area contributed by atoms with Gasteiger partial charge < -0.3 is 11.1 Å². The van der Waals surface area contributed by atoms with Crippen LogP contribution < -0.4 is 11.1 Å². The largest absolute Gasteiger partial charge is 0.345 e. The number of terminal acetylenes is 1. The van der Waals surface area contributed by atoms with Crippen molar-refractivity contribution in [1.82, 2.24) is 5.32 Å². The Hall–Kier alpha value is -0.0826. The maximum atomic E-state index is 5.06. The molecule has 0 saturated heterocycles. The van der Waals surface area contributed by atoms with Crippen molar-refractivity contribution in [2.24, 2.45) is 5.73 Å². The van der Waals surface area contributed by atoms with Gasteiger partial charge in [0.2, 0.25) is 0 Å². The maximum absolute atomic E-state index is 5.06. The molecule has 0 aromatic heterocycles. The average molecular weight is 91.1 g/mol. The number of hydrogen-bond acceptors (Lipinski definition) is 2. The van der Waals surface area contributed by atoms with Gasteiger partial charge in [-0.25, -0.2) is 0 Å². The van der Waals surface area contributed by atoms with Crippen LogP contribution in [0.2, 0.25) is 0 Å². The predicted molar refractivity (Wildman–Crippen MR) is 31.6 cm³/mol. The first-order chi connectivity index (χ1) is 2.91. The number of nitrogens with two attached hydrogens (primary N) is 1. The fourth-order valence-corrected chi connectivity index (χ4v) is 0.144. The van der Waals surface area contributed by atoms with Crippen LogP contribution in [0, 0.1) is 12.5 Å². The van der Waals surface area contributed by atoms with Crippen LogP contribution in [0.3, 0.4) is 0 Å². The average Bonchev–Trinajstić information content (AvgIpc) is 1.61. The summed E-state index contributed by atoms with van der Waals surface area (Å²) in [6.07, 6.45) is 4.80. The van der Waals surface area contributed by atoms with Gasteiger partial charge in [-0.15, -0.1) is 0 Å². The summed E-state index contributed by atoms with van der Waals surface area (Å²) < 4.78 is 0. The van der Waals surface area contributed by atoms with Crippen LogP contribution in [0.5, 0.6) is 0 Å². The third kappa shape index (κ3) is 10.7. The van der Waals surface area contributed by atoms with Gasteiger partial charge in [0.15, 0.2) is 0 Å². The van der Waals surface area contributed by atoms with Gasteiger partial charge in [0.25, 0.3) is 0 Å². The molecule has 2 nitrogen and oxygen atoms in total. The molecule has 0 aliphatic carbocycles. The Labute approximate surface area is 56.0 Å². The summed E-state index contributed by atoms with van der Waals surface area (Å²) >= 11 is 0. The molecule has 7 heavy (non-hydrogen) atoms. The van der Waals surface area contributed by atoms with Crippen molar-refractivity contribution in [3.05, 3.63) is 0 Å². The van der Waals surface area contributed by atoms with Gasteiger partial charge in [0, 0.05) is 38.0 Å². The standard InChI is InChI=1S/C4H8N2.Li/c1-2-6-4-3-5;/h1,6H,3-5H2;. The van der Waals surface area contributed by atoms with E-state index >= 15 is 0 Å². The second-order valence-electron chi connectivity index (χ2n) is 0.860. The minimum Gasteiger partial charge on any atom is -0.345 e. The molecule has 0 amide bonds. The minimum absolute atomic E-state index is 0. The maximum Gasteiger partial charge on any atom is 0.0352 e. The van der Waals surface area contributed by atoms with Crippen molar-refractivity contribution in [1.29, 1.82) is 0 Å². The van der Waals surface area contributed by atoms with E-state index in [1.54, 1.807) is 0 Å². The Morgan fingerprint density at radius 3 is 2.43 bits per heavy atom. The van der Waals surface area contributed by atoms with Gasteiger partial charge in [-0.3, -0.25) is 0 Å². The normalized spacial score (nSPS) is 5.71. The summed E-state index contributed by atoms with van der Waals surface area (Å²) in [5, 5.41) is 2.60. The fourth-order valence-electron chi connectivity index (χ4n) is 0.144. The summed E-state index contributed by atoms with van der Waals surface area (Å²) in [7, 11) is 0. The van der Waals surface area contributed by atoms with Crippen molar-refractivity contribution in [2.75, 3.05) is 13.1 Å². The third-order valence-corrected chi connectivity index (χ3v) is 0.371. The molecule has 3 heteroatoms. The van der Waals surface area contributed by atoms with Crippen LogP contribution in [0.1, 0.15) is 0 Å². The molecule has 1 radical (unpaired) electrons. The SMILES string of the molecule is C#CNCCN.[Li]. The molecule has 0 spiro atoms. The number of hydrogen-bond donors (Lipinski definition) is 2. The zero-order valence-electron chi connectivity index (χ0n) is 4.57. The molecule has 0 heterocycles. The monoisotopic (exact) mass is 91.1 g/mol. The molecular weight excluding hydrogens is 83.0 g/mol. The Bertz CT molecular complexity index is 57.2. The van der Waals surface area contributed by atoms with Crippen molar-refractivity contribution < 1.29 is 0 Å². The van der Waals surface area contributed by atoms with Gasteiger partial charge >= 0.3 is 0 Å². The third-order valence-electron chi connectivity index (χ3n) is 0.371. The van der Waals surface area contributed by atoms with E-state index in [4.69, 9.17) is 12.2 Å². The Morgan fingerprint density at radius 2 is 2.29 bits per heavy atom. The molecule has 0 bridgehead atoms. The predicted octanol–water partition coefficient (Wildman–Crippen LogP) is -1.26.